The average Bonchev–Trinajstić information content (AvgIpc) is 3.26. The van der Waals surface area contributed by atoms with Crippen LogP contribution >= 0.6 is 0 Å². The summed E-state index contributed by atoms with van der Waals surface area (Å²) < 4.78 is 144. The third-order valence-electron chi connectivity index (χ3n) is 9.80. The molecule has 1 aliphatic rings. The molecule has 0 bridgehead atoms. The van der Waals surface area contributed by atoms with Crippen LogP contribution in [0.2, 0.25) is 0 Å². The normalized spacial score (nSPS) is 13.5. The molecule has 2 N–H and O–H groups in total. The second-order valence-corrected chi connectivity index (χ2v) is 19.5. The second-order valence-electron chi connectivity index (χ2n) is 14.0. The number of carbonyl (C=O) groups excluding carboxylic acids is 1. The first kappa shape index (κ1) is 59.1. The van der Waals surface area contributed by atoms with Gasteiger partial charge in [-0.3, -0.25) is 10.2 Å². The molecule has 0 amide bonds. The van der Waals surface area contributed by atoms with Gasteiger partial charge in [-0.1, -0.05) is 48.5 Å². The molecular formula is C42H25N7Na4O13S4. The second kappa shape index (κ2) is 23.6. The van der Waals surface area contributed by atoms with Gasteiger partial charge in [-0.15, -0.1) is 20.5 Å². The van der Waals surface area contributed by atoms with Gasteiger partial charge in [0.1, 0.15) is 51.9 Å². The summed E-state index contributed by atoms with van der Waals surface area (Å²) in [5, 5.41) is 24.5. The molecule has 0 aromatic heterocycles. The smallest absolute Gasteiger partial charge is 0.744 e. The van der Waals surface area contributed by atoms with E-state index in [0.717, 1.165) is 18.2 Å². The maximum atomic E-state index is 13.7. The summed E-state index contributed by atoms with van der Waals surface area (Å²) in [5.41, 5.74) is 2.89. The topological polar surface area (TPSA) is 332 Å². The van der Waals surface area contributed by atoms with Crippen LogP contribution in [0.3, 0.4) is 0 Å². The zero-order valence-electron chi connectivity index (χ0n) is 37.0. The maximum absolute atomic E-state index is 13.7. The summed E-state index contributed by atoms with van der Waals surface area (Å²) in [6.45, 7) is 0. The summed E-state index contributed by atoms with van der Waals surface area (Å²) in [7, 11) is -20.6. The van der Waals surface area contributed by atoms with E-state index in [2.05, 4.69) is 36.3 Å². The number of nitrogens with zero attached hydrogens (tertiary/aromatic N) is 5. The minimum Gasteiger partial charge on any atom is -0.744 e. The number of hydrogen-bond acceptors (Lipinski definition) is 20. The van der Waals surface area contributed by atoms with E-state index in [1.54, 1.807) is 54.6 Å². The average molecular weight is 1060 g/mol. The van der Waals surface area contributed by atoms with Gasteiger partial charge in [-0.05, 0) is 96.6 Å². The molecule has 7 aromatic carbocycles. The first-order chi connectivity index (χ1) is 31.1. The van der Waals surface area contributed by atoms with Gasteiger partial charge in [0.05, 0.1) is 42.3 Å². The molecule has 20 nitrogen and oxygen atoms in total. The SMILES string of the molecule is O=C1/C(=N/Nc2ccc(N=Nc3ccc(N=Nc4cc(S(=O)(=O)[O-])ccc4S(=O)(=O)[O-])c4ccccc34)c3cc(S(=O)(=O)[O-])ccc23)C(S(=O)(=O)[O-])=Cc2cc(Nc3ccccc3)ccc21.[Na+].[Na+].[Na+].[Na+]. The Kier molecular flexibility index (Phi) is 20.0. The van der Waals surface area contributed by atoms with Crippen LogP contribution < -0.4 is 129 Å². The van der Waals surface area contributed by atoms with Gasteiger partial charge >= 0.3 is 118 Å². The van der Waals surface area contributed by atoms with Crippen molar-refractivity contribution in [2.24, 2.45) is 25.6 Å². The number of ketones is 1. The molecule has 334 valence electrons. The van der Waals surface area contributed by atoms with Crippen LogP contribution in [-0.4, -0.2) is 63.4 Å². The number of Topliss-reactive ketones (excluding diaryl/α,β-unsaturated/α-hetero) is 1. The maximum Gasteiger partial charge on any atom is 1.00 e. The summed E-state index contributed by atoms with van der Waals surface area (Å²) in [6.07, 6.45) is 1.03. The molecule has 8 rings (SSSR count). The van der Waals surface area contributed by atoms with Crippen LogP contribution in [0.25, 0.3) is 27.6 Å². The molecule has 7 aromatic rings. The molecule has 0 radical (unpaired) electrons. The Bertz CT molecular complexity index is 3810. The molecule has 0 unspecified atom stereocenters. The van der Waals surface area contributed by atoms with Crippen molar-refractivity contribution >= 4 is 119 Å². The number of anilines is 3. The van der Waals surface area contributed by atoms with E-state index in [4.69, 9.17) is 0 Å². The number of para-hydroxylation sites is 1. The van der Waals surface area contributed by atoms with Crippen LogP contribution in [0.15, 0.2) is 179 Å². The van der Waals surface area contributed by atoms with Crippen LogP contribution in [-0.2, 0) is 40.5 Å². The van der Waals surface area contributed by atoms with Crippen molar-refractivity contribution in [2.45, 2.75) is 14.7 Å². The van der Waals surface area contributed by atoms with E-state index in [1.165, 1.54) is 42.5 Å². The molecule has 0 aliphatic heterocycles. The molecular weight excluding hydrogens is 1030 g/mol. The van der Waals surface area contributed by atoms with Gasteiger partial charge in [0.15, 0.2) is 0 Å². The van der Waals surface area contributed by atoms with Gasteiger partial charge in [0.2, 0.25) is 5.78 Å². The van der Waals surface area contributed by atoms with Crippen molar-refractivity contribution in [2.75, 3.05) is 10.7 Å². The fourth-order valence-electron chi connectivity index (χ4n) is 6.77. The predicted molar refractivity (Wildman–Crippen MR) is 236 cm³/mol. The quantitative estimate of drug-likeness (QED) is 0.0508. The van der Waals surface area contributed by atoms with E-state index in [-0.39, 0.29) is 163 Å². The van der Waals surface area contributed by atoms with E-state index in [1.807, 2.05) is 6.07 Å². The summed E-state index contributed by atoms with van der Waals surface area (Å²) in [5.74, 6) is -0.890. The number of nitrogens with one attached hydrogen (secondary N) is 2. The van der Waals surface area contributed by atoms with Gasteiger partial charge < -0.3 is 23.5 Å². The summed E-state index contributed by atoms with van der Waals surface area (Å²) in [6, 6.07) is 30.6. The third kappa shape index (κ3) is 13.4. The Hall–Kier alpha value is -3.42. The molecule has 0 fully saturated rings. The largest absolute Gasteiger partial charge is 1.00 e. The molecule has 70 heavy (non-hydrogen) atoms. The van der Waals surface area contributed by atoms with E-state index < -0.39 is 77.2 Å². The van der Waals surface area contributed by atoms with Crippen molar-refractivity contribution in [1.29, 1.82) is 0 Å². The van der Waals surface area contributed by atoms with Crippen molar-refractivity contribution in [3.8, 4) is 0 Å². The summed E-state index contributed by atoms with van der Waals surface area (Å²) >= 11 is 0. The van der Waals surface area contributed by atoms with Crippen LogP contribution in [0, 0.1) is 0 Å². The van der Waals surface area contributed by atoms with Crippen molar-refractivity contribution < 1.29 is 175 Å². The number of allylic oxidation sites excluding steroid dienone is 1. The van der Waals surface area contributed by atoms with E-state index in [0.29, 0.717) is 40.3 Å². The number of hydrazone groups is 1. The minimum absolute atomic E-state index is 0. The zero-order valence-corrected chi connectivity index (χ0v) is 48.2. The van der Waals surface area contributed by atoms with Crippen molar-refractivity contribution in [3.63, 3.8) is 0 Å². The number of hydrogen-bond donors (Lipinski definition) is 2. The first-order valence-corrected chi connectivity index (χ1v) is 24.2. The molecule has 1 aliphatic carbocycles. The minimum atomic E-state index is -5.28. The number of rotatable bonds is 12. The Labute approximate surface area is 488 Å². The van der Waals surface area contributed by atoms with Crippen molar-refractivity contribution in [1.82, 2.24) is 0 Å². The fourth-order valence-corrected chi connectivity index (χ4v) is 8.99. The first-order valence-electron chi connectivity index (χ1n) is 18.6. The molecule has 0 saturated carbocycles. The Balaban J connectivity index is 0.00000266. The zero-order chi connectivity index (χ0) is 47.2. The Morgan fingerprint density at radius 1 is 0.443 bits per heavy atom. The standard InChI is InChI=1S/C42H29N7O13S4.4Na/c50-42-29-13-10-26(43-25-6-2-1-3-7-25)20-24(29)21-40(66(60,61)62)41(42)49-47-36-17-18-37(33-22-27(63(51,52)53)11-14-32(33)36)46-44-34-15-16-35(31-9-5-4-8-30(31)34)45-48-38-23-28(64(54,55)56)12-19-39(38)65(57,58)59;;;;/h1-23,43,47H,(H,51,52,53)(H,54,55,56)(H,57,58,59)(H,60,61,62);;;;/q;4*+1/p-4/b46-44?,48-45?,49-41+;;;;. The number of azo groups is 2. The van der Waals surface area contributed by atoms with Gasteiger partial charge in [0.25, 0.3) is 0 Å². The van der Waals surface area contributed by atoms with Crippen LogP contribution in [0.4, 0.5) is 39.8 Å². The Morgan fingerprint density at radius 3 is 1.54 bits per heavy atom. The van der Waals surface area contributed by atoms with E-state index in [9.17, 15) is 56.7 Å². The van der Waals surface area contributed by atoms with Gasteiger partial charge in [-0.2, -0.15) is 5.10 Å². The number of carbonyl (C=O) groups is 1. The van der Waals surface area contributed by atoms with Crippen molar-refractivity contribution in [3.05, 3.63) is 149 Å². The van der Waals surface area contributed by atoms with Crippen LogP contribution in [0.5, 0.6) is 0 Å². The molecule has 28 heteroatoms. The van der Waals surface area contributed by atoms with Crippen LogP contribution in [0.1, 0.15) is 15.9 Å². The third-order valence-corrected chi connectivity index (χ3v) is 13.2. The Morgan fingerprint density at radius 2 is 0.971 bits per heavy atom. The summed E-state index contributed by atoms with van der Waals surface area (Å²) in [4.78, 5) is 10.4. The number of fused-ring (bicyclic) bond motifs is 3. The predicted octanol–water partition coefficient (Wildman–Crippen LogP) is -4.15. The van der Waals surface area contributed by atoms with Gasteiger partial charge in [-0.25, -0.2) is 33.7 Å². The van der Waals surface area contributed by atoms with Gasteiger partial charge in [0, 0.05) is 38.5 Å². The monoisotopic (exact) mass is 1050 g/mol. The fraction of sp³-hybridized carbons (Fsp3) is 0. The molecule has 0 spiro atoms. The van der Waals surface area contributed by atoms with E-state index >= 15 is 0 Å². The molecule has 0 atom stereocenters. The molecule has 0 saturated heterocycles. The number of benzene rings is 7. The molecule has 0 heterocycles.